The van der Waals surface area contributed by atoms with E-state index in [1.165, 1.54) is 6.92 Å². The molecule has 0 atom stereocenters. The van der Waals surface area contributed by atoms with Gasteiger partial charge >= 0.3 is 0 Å². The molecule has 0 aliphatic rings. The second-order valence-corrected chi connectivity index (χ2v) is 3.13. The molecule has 0 fully saturated rings. The molecule has 0 spiro atoms. The van der Waals surface area contributed by atoms with E-state index in [0.717, 1.165) is 11.3 Å². The molecular formula is C11H13NO3. The molecule has 15 heavy (non-hydrogen) atoms. The van der Waals surface area contributed by atoms with Gasteiger partial charge < -0.3 is 9.94 Å². The number of nitrogens with zero attached hydrogens (tertiary/aromatic N) is 1. The van der Waals surface area contributed by atoms with Crippen LogP contribution in [0.4, 0.5) is 0 Å². The summed E-state index contributed by atoms with van der Waals surface area (Å²) in [5.74, 6) is 0.525. The molecule has 4 heteroatoms. The largest absolute Gasteiger partial charge is 0.497 e. The van der Waals surface area contributed by atoms with Crippen LogP contribution < -0.4 is 4.74 Å². The van der Waals surface area contributed by atoms with Crippen molar-refractivity contribution in [2.45, 2.75) is 13.3 Å². The van der Waals surface area contributed by atoms with Crippen LogP contribution in [-0.4, -0.2) is 23.8 Å². The lowest BCUT2D eigenvalue weighted by molar-refractivity contribution is -0.111. The molecule has 1 aromatic rings. The molecule has 0 unspecified atom stereocenters. The number of oxime groups is 1. The lowest BCUT2D eigenvalue weighted by Gasteiger charge is -2.03. The Morgan fingerprint density at radius 1 is 1.40 bits per heavy atom. The molecule has 0 aliphatic heterocycles. The van der Waals surface area contributed by atoms with Crippen LogP contribution in [0.5, 0.6) is 5.75 Å². The third-order valence-electron chi connectivity index (χ3n) is 2.06. The molecule has 80 valence electrons. The zero-order valence-electron chi connectivity index (χ0n) is 8.73. The molecule has 0 saturated heterocycles. The van der Waals surface area contributed by atoms with Gasteiger partial charge in [-0.05, 0) is 17.7 Å². The smallest absolute Gasteiger partial charge is 0.177 e. The summed E-state index contributed by atoms with van der Waals surface area (Å²) in [6.07, 6.45) is 0.329. The zero-order valence-corrected chi connectivity index (χ0v) is 8.73. The summed E-state index contributed by atoms with van der Waals surface area (Å²) >= 11 is 0. The van der Waals surface area contributed by atoms with E-state index in [2.05, 4.69) is 5.16 Å². The maximum absolute atomic E-state index is 11.0. The number of carbonyl (C=O) groups is 1. The van der Waals surface area contributed by atoms with Crippen molar-refractivity contribution in [1.82, 2.24) is 0 Å². The first-order chi connectivity index (χ1) is 7.17. The molecule has 1 aromatic carbocycles. The number of hydrogen-bond donors (Lipinski definition) is 1. The summed E-state index contributed by atoms with van der Waals surface area (Å²) in [6, 6.07) is 7.24. The maximum Gasteiger partial charge on any atom is 0.177 e. The quantitative estimate of drug-likeness (QED) is 0.464. The SMILES string of the molecule is COc1ccc(C/C(=N\O)C(C)=O)cc1. The first-order valence-corrected chi connectivity index (χ1v) is 4.52. The highest BCUT2D eigenvalue weighted by Gasteiger charge is 2.07. The summed E-state index contributed by atoms with van der Waals surface area (Å²) in [5, 5.41) is 11.6. The molecule has 0 aromatic heterocycles. The molecule has 0 aliphatic carbocycles. The van der Waals surface area contributed by atoms with Gasteiger partial charge in [0, 0.05) is 13.3 Å². The van der Waals surface area contributed by atoms with Crippen LogP contribution in [0, 0.1) is 0 Å². The standard InChI is InChI=1S/C11H13NO3/c1-8(13)11(12-14)7-9-3-5-10(15-2)6-4-9/h3-6,14H,7H2,1-2H3/b12-11+. The summed E-state index contributed by atoms with van der Waals surface area (Å²) in [6.45, 7) is 1.37. The molecule has 0 heterocycles. The van der Waals surface area contributed by atoms with Crippen LogP contribution in [0.15, 0.2) is 29.4 Å². The minimum absolute atomic E-state index is 0.153. The van der Waals surface area contributed by atoms with E-state index in [0.29, 0.717) is 6.42 Å². The normalized spacial score (nSPS) is 11.2. The lowest BCUT2D eigenvalue weighted by Crippen LogP contribution is -2.13. The van der Waals surface area contributed by atoms with Crippen molar-refractivity contribution in [2.24, 2.45) is 5.16 Å². The van der Waals surface area contributed by atoms with Crippen molar-refractivity contribution in [1.29, 1.82) is 0 Å². The third-order valence-corrected chi connectivity index (χ3v) is 2.06. The third kappa shape index (κ3) is 3.09. The Bertz CT molecular complexity index is 368. The van der Waals surface area contributed by atoms with Crippen molar-refractivity contribution < 1.29 is 14.7 Å². The van der Waals surface area contributed by atoms with E-state index in [1.54, 1.807) is 19.2 Å². The van der Waals surface area contributed by atoms with E-state index >= 15 is 0 Å². The summed E-state index contributed by atoms with van der Waals surface area (Å²) in [5.41, 5.74) is 1.05. The lowest BCUT2D eigenvalue weighted by atomic mass is 10.1. The monoisotopic (exact) mass is 207 g/mol. The number of rotatable bonds is 4. The molecule has 1 N–H and O–H groups in total. The minimum Gasteiger partial charge on any atom is -0.497 e. The number of ether oxygens (including phenoxy) is 1. The fraction of sp³-hybridized carbons (Fsp3) is 0.273. The van der Waals surface area contributed by atoms with Gasteiger partial charge in [0.15, 0.2) is 5.78 Å². The maximum atomic E-state index is 11.0. The predicted molar refractivity (Wildman–Crippen MR) is 56.6 cm³/mol. The molecule has 0 radical (unpaired) electrons. The zero-order chi connectivity index (χ0) is 11.3. The second kappa shape index (κ2) is 5.14. The van der Waals surface area contributed by atoms with Gasteiger partial charge in [-0.15, -0.1) is 0 Å². The highest BCUT2D eigenvalue weighted by atomic mass is 16.5. The van der Waals surface area contributed by atoms with Crippen LogP contribution in [0.25, 0.3) is 0 Å². The summed E-state index contributed by atoms with van der Waals surface area (Å²) in [7, 11) is 1.59. The van der Waals surface area contributed by atoms with E-state index in [4.69, 9.17) is 9.94 Å². The van der Waals surface area contributed by atoms with Gasteiger partial charge in [0.2, 0.25) is 0 Å². The average molecular weight is 207 g/mol. The van der Waals surface area contributed by atoms with Gasteiger partial charge in [-0.25, -0.2) is 0 Å². The van der Waals surface area contributed by atoms with E-state index in [-0.39, 0.29) is 11.5 Å². The van der Waals surface area contributed by atoms with Gasteiger partial charge in [-0.1, -0.05) is 17.3 Å². The molecule has 4 nitrogen and oxygen atoms in total. The Labute approximate surface area is 88.2 Å². The van der Waals surface area contributed by atoms with Gasteiger partial charge in [-0.3, -0.25) is 4.79 Å². The first-order valence-electron chi connectivity index (χ1n) is 4.52. The van der Waals surface area contributed by atoms with Crippen LogP contribution >= 0.6 is 0 Å². The van der Waals surface area contributed by atoms with E-state index in [1.807, 2.05) is 12.1 Å². The molecule has 0 saturated carbocycles. The van der Waals surface area contributed by atoms with Crippen molar-refractivity contribution in [2.75, 3.05) is 7.11 Å². The molecule has 0 amide bonds. The van der Waals surface area contributed by atoms with Crippen LogP contribution in [0.2, 0.25) is 0 Å². The van der Waals surface area contributed by atoms with E-state index in [9.17, 15) is 4.79 Å². The van der Waals surface area contributed by atoms with E-state index < -0.39 is 0 Å². The Balaban J connectivity index is 2.76. The van der Waals surface area contributed by atoms with Gasteiger partial charge in [0.25, 0.3) is 0 Å². The molecular weight excluding hydrogens is 194 g/mol. The number of benzene rings is 1. The fourth-order valence-electron chi connectivity index (χ4n) is 1.17. The van der Waals surface area contributed by atoms with Gasteiger partial charge in [-0.2, -0.15) is 0 Å². The summed E-state index contributed by atoms with van der Waals surface area (Å²) < 4.78 is 5.00. The molecule has 1 rings (SSSR count). The number of hydrogen-bond acceptors (Lipinski definition) is 4. The topological polar surface area (TPSA) is 58.9 Å². The predicted octanol–water partition coefficient (Wildman–Crippen LogP) is 1.66. The Morgan fingerprint density at radius 3 is 2.40 bits per heavy atom. The van der Waals surface area contributed by atoms with Gasteiger partial charge in [0.1, 0.15) is 11.5 Å². The summed E-state index contributed by atoms with van der Waals surface area (Å²) in [4.78, 5) is 11.0. The number of methoxy groups -OCH3 is 1. The fourth-order valence-corrected chi connectivity index (χ4v) is 1.17. The second-order valence-electron chi connectivity index (χ2n) is 3.13. The average Bonchev–Trinajstić information content (AvgIpc) is 2.26. The van der Waals surface area contributed by atoms with Gasteiger partial charge in [0.05, 0.1) is 7.11 Å². The minimum atomic E-state index is -0.228. The molecule has 0 bridgehead atoms. The number of Topliss-reactive ketones (excluding diaryl/α,β-unsaturated/α-hetero) is 1. The first kappa shape index (κ1) is 11.2. The Morgan fingerprint density at radius 2 is 2.00 bits per heavy atom. The van der Waals surface area contributed by atoms with Crippen molar-refractivity contribution in [3.63, 3.8) is 0 Å². The van der Waals surface area contributed by atoms with Crippen molar-refractivity contribution >= 4 is 11.5 Å². The highest BCUT2D eigenvalue weighted by Crippen LogP contribution is 2.12. The Hall–Kier alpha value is -1.84. The van der Waals surface area contributed by atoms with Crippen molar-refractivity contribution in [3.05, 3.63) is 29.8 Å². The number of carbonyl (C=O) groups excluding carboxylic acids is 1. The highest BCUT2D eigenvalue weighted by molar-refractivity contribution is 6.39. The van der Waals surface area contributed by atoms with Crippen LogP contribution in [0.3, 0.4) is 0 Å². The van der Waals surface area contributed by atoms with Crippen LogP contribution in [-0.2, 0) is 11.2 Å². The van der Waals surface area contributed by atoms with Crippen LogP contribution in [0.1, 0.15) is 12.5 Å². The number of ketones is 1. The van der Waals surface area contributed by atoms with Crippen molar-refractivity contribution in [3.8, 4) is 5.75 Å². The Kier molecular flexibility index (Phi) is 3.85.